The molecule has 0 fully saturated rings. The van der Waals surface area contributed by atoms with Crippen molar-refractivity contribution in [3.63, 3.8) is 0 Å². The first kappa shape index (κ1) is 19.2. The number of aliphatic hydroxyl groups is 2. The summed E-state index contributed by atoms with van der Waals surface area (Å²) in [6, 6.07) is 0. The van der Waals surface area contributed by atoms with Crippen LogP contribution in [0.4, 0.5) is 0 Å². The molecule has 21 heavy (non-hydrogen) atoms. The quantitative estimate of drug-likeness (QED) is 0.380. The monoisotopic (exact) mass is 302 g/mol. The van der Waals surface area contributed by atoms with E-state index < -0.39 is 24.0 Å². The van der Waals surface area contributed by atoms with Crippen LogP contribution >= 0.6 is 0 Å². The maximum atomic E-state index is 11.5. The van der Waals surface area contributed by atoms with Crippen LogP contribution in [0.2, 0.25) is 0 Å². The third-order valence-electron chi connectivity index (χ3n) is 2.71. The van der Waals surface area contributed by atoms with Gasteiger partial charge < -0.3 is 20.8 Å². The zero-order chi connectivity index (χ0) is 16.4. The summed E-state index contributed by atoms with van der Waals surface area (Å²) in [7, 11) is 0. The van der Waals surface area contributed by atoms with Crippen molar-refractivity contribution in [2.45, 2.75) is 45.3 Å². The molecule has 0 saturated heterocycles. The molecule has 0 aliphatic rings. The predicted molar refractivity (Wildman–Crippen MR) is 73.2 cm³/mol. The molecule has 0 aromatic heterocycles. The molecule has 0 radical (unpaired) electrons. The van der Waals surface area contributed by atoms with Gasteiger partial charge in [-0.25, -0.2) is 0 Å². The van der Waals surface area contributed by atoms with Gasteiger partial charge in [0.15, 0.2) is 12.2 Å². The number of Topliss-reactive ketones (excluding diaryl/α,β-unsaturated/α-hetero) is 2. The molecule has 8 heteroatoms. The van der Waals surface area contributed by atoms with Crippen molar-refractivity contribution in [1.29, 1.82) is 0 Å². The average molecular weight is 302 g/mol. The van der Waals surface area contributed by atoms with Crippen molar-refractivity contribution in [3.05, 3.63) is 0 Å². The first-order valence-electron chi connectivity index (χ1n) is 6.72. The van der Waals surface area contributed by atoms with E-state index in [-0.39, 0.29) is 37.5 Å². The van der Waals surface area contributed by atoms with Crippen molar-refractivity contribution in [3.8, 4) is 0 Å². The minimum absolute atomic E-state index is 0.0184. The van der Waals surface area contributed by atoms with E-state index in [0.717, 1.165) is 0 Å². The van der Waals surface area contributed by atoms with Gasteiger partial charge in [0.05, 0.1) is 0 Å². The number of aliphatic hydroxyl groups excluding tert-OH is 2. The van der Waals surface area contributed by atoms with E-state index in [1.165, 1.54) is 6.92 Å². The highest BCUT2D eigenvalue weighted by molar-refractivity contribution is 5.91. The Morgan fingerprint density at radius 3 is 1.71 bits per heavy atom. The molecule has 0 unspecified atom stereocenters. The molecule has 8 nitrogen and oxygen atoms in total. The third-order valence-corrected chi connectivity index (χ3v) is 2.71. The molecule has 0 aliphatic heterocycles. The Labute approximate surface area is 122 Å². The summed E-state index contributed by atoms with van der Waals surface area (Å²) in [6.45, 7) is 3.09. The largest absolute Gasteiger partial charge is 0.380 e. The molecule has 0 aromatic carbocycles. The Balaban J connectivity index is 4.13. The Hall–Kier alpha value is -1.80. The second kappa shape index (κ2) is 10.0. The van der Waals surface area contributed by atoms with Crippen LogP contribution < -0.4 is 10.6 Å². The number of hydrogen-bond donors (Lipinski definition) is 4. The SMILES string of the molecule is CCC(=O)CCNC(=O)[C@H](O)[C@@H](O)C(=O)NCCC(C)=O. The number of ketones is 2. The lowest BCUT2D eigenvalue weighted by Crippen LogP contribution is -2.50. The van der Waals surface area contributed by atoms with Crippen LogP contribution in [-0.4, -0.2) is 58.9 Å². The molecule has 0 aliphatic carbocycles. The number of amides is 2. The average Bonchev–Trinajstić information content (AvgIpc) is 2.44. The summed E-state index contributed by atoms with van der Waals surface area (Å²) in [6.07, 6.45) is -3.30. The summed E-state index contributed by atoms with van der Waals surface area (Å²) in [5.41, 5.74) is 0. The van der Waals surface area contributed by atoms with E-state index in [0.29, 0.717) is 6.42 Å². The van der Waals surface area contributed by atoms with Gasteiger partial charge >= 0.3 is 0 Å². The highest BCUT2D eigenvalue weighted by Gasteiger charge is 2.29. The molecule has 0 aromatic rings. The second-order valence-electron chi connectivity index (χ2n) is 4.57. The van der Waals surface area contributed by atoms with Crippen LogP contribution in [0, 0.1) is 0 Å². The van der Waals surface area contributed by atoms with Crippen LogP contribution in [0.15, 0.2) is 0 Å². The fraction of sp³-hybridized carbons (Fsp3) is 0.692. The molecule has 0 saturated carbocycles. The third kappa shape index (κ3) is 8.16. The molecular weight excluding hydrogens is 280 g/mol. The summed E-state index contributed by atoms with van der Waals surface area (Å²) < 4.78 is 0. The molecule has 0 heterocycles. The molecule has 2 atom stereocenters. The number of rotatable bonds is 10. The van der Waals surface area contributed by atoms with Gasteiger partial charge in [-0.05, 0) is 6.92 Å². The number of nitrogens with one attached hydrogen (secondary N) is 2. The van der Waals surface area contributed by atoms with Gasteiger partial charge in [-0.1, -0.05) is 6.92 Å². The molecule has 0 spiro atoms. The maximum Gasteiger partial charge on any atom is 0.252 e. The van der Waals surface area contributed by atoms with Gasteiger partial charge in [0.25, 0.3) is 11.8 Å². The fourth-order valence-electron chi connectivity index (χ4n) is 1.36. The topological polar surface area (TPSA) is 133 Å². The molecule has 0 rings (SSSR count). The van der Waals surface area contributed by atoms with Crippen molar-refractivity contribution in [2.75, 3.05) is 13.1 Å². The molecule has 2 amide bonds. The standard InChI is InChI=1S/C13H22N2O6/c1-3-9(17)5-7-15-13(21)11(19)10(18)12(20)14-6-4-8(2)16/h10-11,18-19H,3-7H2,1-2H3,(H,14,20)(H,15,21)/t10-,11-/m1/s1. The normalized spacial score (nSPS) is 13.1. The van der Waals surface area contributed by atoms with Crippen LogP contribution in [0.25, 0.3) is 0 Å². The predicted octanol–water partition coefficient (Wildman–Crippen LogP) is -1.71. The Morgan fingerprint density at radius 2 is 1.33 bits per heavy atom. The van der Waals surface area contributed by atoms with E-state index in [4.69, 9.17) is 0 Å². The zero-order valence-corrected chi connectivity index (χ0v) is 12.2. The van der Waals surface area contributed by atoms with Gasteiger partial charge in [0, 0.05) is 32.4 Å². The van der Waals surface area contributed by atoms with Crippen molar-refractivity contribution in [2.24, 2.45) is 0 Å². The first-order chi connectivity index (χ1) is 9.79. The van der Waals surface area contributed by atoms with Gasteiger partial charge in [0.2, 0.25) is 0 Å². The van der Waals surface area contributed by atoms with Crippen molar-refractivity contribution >= 4 is 23.4 Å². The summed E-state index contributed by atoms with van der Waals surface area (Å²) in [4.78, 5) is 44.6. The van der Waals surface area contributed by atoms with Crippen LogP contribution in [0.5, 0.6) is 0 Å². The molecule has 120 valence electrons. The lowest BCUT2D eigenvalue weighted by molar-refractivity contribution is -0.146. The van der Waals surface area contributed by atoms with E-state index >= 15 is 0 Å². The van der Waals surface area contributed by atoms with E-state index in [1.54, 1.807) is 6.92 Å². The maximum absolute atomic E-state index is 11.5. The highest BCUT2D eigenvalue weighted by Crippen LogP contribution is 1.96. The van der Waals surface area contributed by atoms with E-state index in [9.17, 15) is 29.4 Å². The summed E-state index contributed by atoms with van der Waals surface area (Å²) >= 11 is 0. The Bertz CT molecular complexity index is 396. The van der Waals surface area contributed by atoms with E-state index in [2.05, 4.69) is 10.6 Å². The molecular formula is C13H22N2O6. The fourth-order valence-corrected chi connectivity index (χ4v) is 1.36. The Kier molecular flexibility index (Phi) is 9.15. The summed E-state index contributed by atoms with van der Waals surface area (Å²) in [5, 5.41) is 23.5. The number of carbonyl (C=O) groups is 4. The number of carbonyl (C=O) groups excluding carboxylic acids is 4. The minimum Gasteiger partial charge on any atom is -0.380 e. The minimum atomic E-state index is -1.93. The van der Waals surface area contributed by atoms with Crippen molar-refractivity contribution < 1.29 is 29.4 Å². The van der Waals surface area contributed by atoms with Gasteiger partial charge in [-0.3, -0.25) is 19.2 Å². The lowest BCUT2D eigenvalue weighted by Gasteiger charge is -2.17. The van der Waals surface area contributed by atoms with Gasteiger partial charge in [-0.2, -0.15) is 0 Å². The molecule has 0 bridgehead atoms. The second-order valence-corrected chi connectivity index (χ2v) is 4.57. The molecule has 4 N–H and O–H groups in total. The van der Waals surface area contributed by atoms with Crippen molar-refractivity contribution in [1.82, 2.24) is 10.6 Å². The van der Waals surface area contributed by atoms with Gasteiger partial charge in [0.1, 0.15) is 11.6 Å². The highest BCUT2D eigenvalue weighted by atomic mass is 16.3. The van der Waals surface area contributed by atoms with Crippen LogP contribution in [0.3, 0.4) is 0 Å². The first-order valence-corrected chi connectivity index (χ1v) is 6.72. The van der Waals surface area contributed by atoms with Gasteiger partial charge in [-0.15, -0.1) is 0 Å². The van der Waals surface area contributed by atoms with Crippen LogP contribution in [0.1, 0.15) is 33.1 Å². The Morgan fingerprint density at radius 1 is 0.905 bits per heavy atom. The number of hydrogen-bond acceptors (Lipinski definition) is 6. The smallest absolute Gasteiger partial charge is 0.252 e. The zero-order valence-electron chi connectivity index (χ0n) is 12.2. The summed E-state index contributed by atoms with van der Waals surface area (Å²) in [5.74, 6) is -2.06. The van der Waals surface area contributed by atoms with Crippen LogP contribution in [-0.2, 0) is 19.2 Å². The van der Waals surface area contributed by atoms with E-state index in [1.807, 2.05) is 0 Å². The lowest BCUT2D eigenvalue weighted by atomic mass is 10.1.